The van der Waals surface area contributed by atoms with E-state index in [-0.39, 0.29) is 0 Å². The molecule has 3 heteroatoms. The Balaban J connectivity index is 1.28. The van der Waals surface area contributed by atoms with Crippen LogP contribution in [0.3, 0.4) is 0 Å². The molecule has 1 spiro atoms. The Morgan fingerprint density at radius 3 is 2.06 bits per heavy atom. The fraction of sp³-hybridized carbons (Fsp3) is 0.0682. The van der Waals surface area contributed by atoms with Crippen molar-refractivity contribution in [3.63, 3.8) is 0 Å². The van der Waals surface area contributed by atoms with E-state index in [4.69, 9.17) is 9.83 Å². The lowest BCUT2D eigenvalue weighted by molar-refractivity contribution is 0.666. The summed E-state index contributed by atoms with van der Waals surface area (Å²) < 4.78 is 6.52. The van der Waals surface area contributed by atoms with Crippen LogP contribution in [0.15, 0.2) is 156 Å². The Morgan fingerprint density at radius 2 is 1.28 bits per heavy atom. The Hall–Kier alpha value is -5.93. The van der Waals surface area contributed by atoms with E-state index in [1.54, 1.807) is 0 Å². The lowest BCUT2D eigenvalue weighted by atomic mass is 9.62. The van der Waals surface area contributed by atoms with Crippen LogP contribution in [-0.4, -0.2) is 6.21 Å². The number of allylic oxidation sites excluding steroid dienone is 4. The van der Waals surface area contributed by atoms with Gasteiger partial charge in [-0.2, -0.15) is 0 Å². The van der Waals surface area contributed by atoms with Crippen LogP contribution in [0.5, 0.6) is 0 Å². The van der Waals surface area contributed by atoms with Crippen molar-refractivity contribution in [2.45, 2.75) is 18.3 Å². The fourth-order valence-electron chi connectivity index (χ4n) is 8.74. The van der Waals surface area contributed by atoms with Crippen molar-refractivity contribution in [3.8, 4) is 0 Å². The van der Waals surface area contributed by atoms with Crippen molar-refractivity contribution in [1.29, 1.82) is 5.41 Å². The van der Waals surface area contributed by atoms with Crippen LogP contribution in [-0.2, 0) is 5.41 Å². The summed E-state index contributed by atoms with van der Waals surface area (Å²) in [6, 6.07) is 49.9. The molecule has 222 valence electrons. The minimum absolute atomic E-state index is 0.477. The van der Waals surface area contributed by atoms with Crippen molar-refractivity contribution in [2.24, 2.45) is 0 Å². The molecule has 1 aliphatic heterocycles. The number of para-hydroxylation sites is 5. The molecule has 0 unspecified atom stereocenters. The highest BCUT2D eigenvalue weighted by Gasteiger charge is 2.53. The van der Waals surface area contributed by atoms with Crippen LogP contribution < -0.4 is 4.90 Å². The first-order chi connectivity index (χ1) is 23.3. The minimum Gasteiger partial charge on any atom is -0.455 e. The SMILES string of the molecule is N=Cc1cccc2c1C1=C(CCC(c3cccc4c3oc3ccccc34)=C1)C21c2ccccc2N(c2ccccc2)c2ccccc21. The van der Waals surface area contributed by atoms with Crippen LogP contribution in [0.4, 0.5) is 17.1 Å². The van der Waals surface area contributed by atoms with Gasteiger partial charge in [0.2, 0.25) is 0 Å². The predicted octanol–water partition coefficient (Wildman–Crippen LogP) is 11.3. The van der Waals surface area contributed by atoms with E-state index in [9.17, 15) is 0 Å². The van der Waals surface area contributed by atoms with Gasteiger partial charge in [-0.05, 0) is 82.1 Å². The zero-order valence-corrected chi connectivity index (χ0v) is 25.7. The van der Waals surface area contributed by atoms with E-state index in [1.807, 2.05) is 6.07 Å². The average molecular weight is 603 g/mol. The molecule has 2 heterocycles. The number of anilines is 3. The predicted molar refractivity (Wildman–Crippen MR) is 193 cm³/mol. The summed E-state index contributed by atoms with van der Waals surface area (Å²) in [4.78, 5) is 2.42. The third-order valence-corrected chi connectivity index (χ3v) is 10.5. The number of benzene rings is 6. The third-order valence-electron chi connectivity index (χ3n) is 10.5. The van der Waals surface area contributed by atoms with E-state index in [0.717, 1.165) is 51.6 Å². The number of nitrogens with zero attached hydrogens (tertiary/aromatic N) is 1. The topological polar surface area (TPSA) is 40.2 Å². The van der Waals surface area contributed by atoms with Gasteiger partial charge >= 0.3 is 0 Å². The summed E-state index contributed by atoms with van der Waals surface area (Å²) in [6.45, 7) is 0. The first-order valence-corrected chi connectivity index (χ1v) is 16.3. The maximum absolute atomic E-state index is 8.55. The zero-order valence-electron chi connectivity index (χ0n) is 25.7. The van der Waals surface area contributed by atoms with Crippen LogP contribution in [0.1, 0.15) is 46.2 Å². The Kier molecular flexibility index (Phi) is 5.48. The largest absolute Gasteiger partial charge is 0.455 e. The van der Waals surface area contributed by atoms with Gasteiger partial charge in [-0.25, -0.2) is 0 Å². The van der Waals surface area contributed by atoms with E-state index < -0.39 is 5.41 Å². The summed E-state index contributed by atoms with van der Waals surface area (Å²) in [5, 5.41) is 10.8. The number of hydrogen-bond donors (Lipinski definition) is 1. The first kappa shape index (κ1) is 26.3. The number of nitrogens with one attached hydrogen (secondary N) is 1. The number of hydrogen-bond acceptors (Lipinski definition) is 3. The summed E-state index contributed by atoms with van der Waals surface area (Å²) in [6.07, 6.45) is 5.74. The second kappa shape index (κ2) is 9.78. The quantitative estimate of drug-likeness (QED) is 0.204. The lowest BCUT2D eigenvalue weighted by Gasteiger charge is -2.46. The van der Waals surface area contributed by atoms with Gasteiger partial charge in [-0.15, -0.1) is 0 Å². The normalized spacial score (nSPS) is 15.7. The van der Waals surface area contributed by atoms with Crippen LogP contribution in [0, 0.1) is 5.41 Å². The molecule has 0 saturated heterocycles. The second-order valence-corrected chi connectivity index (χ2v) is 12.7. The van der Waals surface area contributed by atoms with E-state index >= 15 is 0 Å². The van der Waals surface area contributed by atoms with Gasteiger partial charge in [0, 0.05) is 33.8 Å². The summed E-state index contributed by atoms with van der Waals surface area (Å²) in [5.41, 5.74) is 16.0. The summed E-state index contributed by atoms with van der Waals surface area (Å²) in [5.74, 6) is 0. The van der Waals surface area contributed by atoms with Gasteiger partial charge in [0.15, 0.2) is 0 Å². The highest BCUT2D eigenvalue weighted by Crippen LogP contribution is 2.65. The minimum atomic E-state index is -0.477. The van der Waals surface area contributed by atoms with Crippen molar-refractivity contribution in [1.82, 2.24) is 0 Å². The molecular weight excluding hydrogens is 572 g/mol. The van der Waals surface area contributed by atoms with E-state index in [1.165, 1.54) is 56.6 Å². The highest BCUT2D eigenvalue weighted by atomic mass is 16.3. The molecule has 47 heavy (non-hydrogen) atoms. The molecule has 3 aliphatic rings. The molecule has 2 aliphatic carbocycles. The monoisotopic (exact) mass is 602 g/mol. The molecule has 7 aromatic rings. The van der Waals surface area contributed by atoms with E-state index in [2.05, 4.69) is 144 Å². The smallest absolute Gasteiger partial charge is 0.142 e. The Bertz CT molecular complexity index is 2450. The van der Waals surface area contributed by atoms with Gasteiger partial charge in [-0.3, -0.25) is 0 Å². The standard InChI is InChI=1S/C44H30N2O/c45-27-29-12-10-20-38-42(29)34-26-28(31-16-11-17-33-32-15-4-9-23-41(32)47-43(31)33)24-25-35(34)44(38)36-18-5-7-21-39(36)46(30-13-2-1-3-14-30)40-22-8-6-19-37(40)44/h1-23,26-27,45H,24-25H2. The van der Waals surface area contributed by atoms with Crippen LogP contribution >= 0.6 is 0 Å². The van der Waals surface area contributed by atoms with Crippen molar-refractivity contribution in [2.75, 3.05) is 4.90 Å². The van der Waals surface area contributed by atoms with Crippen LogP contribution in [0.25, 0.3) is 33.1 Å². The Labute approximate surface area is 273 Å². The number of fused-ring (bicyclic) bond motifs is 11. The molecule has 1 N–H and O–H groups in total. The molecule has 0 saturated carbocycles. The molecule has 6 aromatic carbocycles. The average Bonchev–Trinajstić information content (AvgIpc) is 3.66. The zero-order chi connectivity index (χ0) is 31.1. The summed E-state index contributed by atoms with van der Waals surface area (Å²) >= 11 is 0. The molecule has 10 rings (SSSR count). The van der Waals surface area contributed by atoms with E-state index in [0.29, 0.717) is 0 Å². The fourth-order valence-corrected chi connectivity index (χ4v) is 8.74. The van der Waals surface area contributed by atoms with Crippen molar-refractivity contribution < 1.29 is 4.42 Å². The van der Waals surface area contributed by atoms with Gasteiger partial charge in [0.1, 0.15) is 11.2 Å². The highest BCUT2D eigenvalue weighted by molar-refractivity contribution is 6.10. The molecular formula is C44H30N2O. The molecule has 0 bridgehead atoms. The maximum Gasteiger partial charge on any atom is 0.142 e. The molecule has 0 amide bonds. The third kappa shape index (κ3) is 3.43. The second-order valence-electron chi connectivity index (χ2n) is 12.7. The lowest BCUT2D eigenvalue weighted by Crippen LogP contribution is -2.37. The van der Waals surface area contributed by atoms with Gasteiger partial charge in [0.25, 0.3) is 0 Å². The molecule has 0 fully saturated rings. The van der Waals surface area contributed by atoms with Gasteiger partial charge in [0.05, 0.1) is 16.8 Å². The molecule has 0 atom stereocenters. The van der Waals surface area contributed by atoms with Crippen LogP contribution in [0.2, 0.25) is 0 Å². The van der Waals surface area contributed by atoms with Gasteiger partial charge < -0.3 is 14.7 Å². The maximum atomic E-state index is 8.55. The molecule has 3 nitrogen and oxygen atoms in total. The molecule has 0 radical (unpaired) electrons. The number of furan rings is 1. The summed E-state index contributed by atoms with van der Waals surface area (Å²) in [7, 11) is 0. The van der Waals surface area contributed by atoms with Crippen molar-refractivity contribution >= 4 is 56.4 Å². The number of rotatable bonds is 3. The molecule has 1 aromatic heterocycles. The van der Waals surface area contributed by atoms with Gasteiger partial charge in [-0.1, -0.05) is 115 Å². The first-order valence-electron chi connectivity index (χ1n) is 16.3. The van der Waals surface area contributed by atoms with Crippen molar-refractivity contribution in [3.05, 3.63) is 185 Å². The Morgan fingerprint density at radius 1 is 0.617 bits per heavy atom.